The molecule has 0 atom stereocenters. The summed E-state index contributed by atoms with van der Waals surface area (Å²) in [5.74, 6) is -1.52. The molecule has 0 bridgehead atoms. The summed E-state index contributed by atoms with van der Waals surface area (Å²) in [5.41, 5.74) is 0.433. The van der Waals surface area contributed by atoms with E-state index in [-0.39, 0.29) is 12.1 Å². The van der Waals surface area contributed by atoms with Gasteiger partial charge in [-0.2, -0.15) is 0 Å². The van der Waals surface area contributed by atoms with Gasteiger partial charge in [0.15, 0.2) is 0 Å². The summed E-state index contributed by atoms with van der Waals surface area (Å²) in [5, 5.41) is 2.50. The fourth-order valence-electron chi connectivity index (χ4n) is 1.49. The summed E-state index contributed by atoms with van der Waals surface area (Å²) in [4.78, 5) is 15.3. The van der Waals surface area contributed by atoms with Gasteiger partial charge in [0.25, 0.3) is 5.91 Å². The van der Waals surface area contributed by atoms with E-state index in [1.54, 1.807) is 12.1 Å². The van der Waals surface area contributed by atoms with Crippen LogP contribution in [-0.2, 0) is 6.54 Å². The van der Waals surface area contributed by atoms with Gasteiger partial charge in [-0.1, -0.05) is 15.9 Å². The zero-order valence-corrected chi connectivity index (χ0v) is 11.2. The number of hydrogen-bond donors (Lipinski definition) is 1. The summed E-state index contributed by atoms with van der Waals surface area (Å²) in [6.07, 6.45) is 2.25. The molecule has 2 aromatic rings. The van der Waals surface area contributed by atoms with Gasteiger partial charge < -0.3 is 5.32 Å². The van der Waals surface area contributed by atoms with Gasteiger partial charge in [-0.25, -0.2) is 8.78 Å². The van der Waals surface area contributed by atoms with Crippen molar-refractivity contribution in [2.45, 2.75) is 6.54 Å². The molecule has 0 aliphatic heterocycles. The Bertz CT molecular complexity index is 619. The maximum Gasteiger partial charge on any atom is 0.253 e. The zero-order valence-electron chi connectivity index (χ0n) is 9.66. The maximum absolute atomic E-state index is 13.4. The topological polar surface area (TPSA) is 42.0 Å². The van der Waals surface area contributed by atoms with Gasteiger partial charge in [0.1, 0.15) is 11.6 Å². The average Bonchev–Trinajstić information content (AvgIpc) is 2.39. The minimum Gasteiger partial charge on any atom is -0.348 e. The molecule has 1 heterocycles. The van der Waals surface area contributed by atoms with Crippen molar-refractivity contribution >= 4 is 21.8 Å². The summed E-state index contributed by atoms with van der Waals surface area (Å²) in [6, 6.07) is 5.51. The molecule has 3 nitrogen and oxygen atoms in total. The summed E-state index contributed by atoms with van der Waals surface area (Å²) < 4.78 is 27.1. The summed E-state index contributed by atoms with van der Waals surface area (Å²) in [7, 11) is 0. The molecule has 19 heavy (non-hydrogen) atoms. The second-order valence-electron chi connectivity index (χ2n) is 3.81. The highest BCUT2D eigenvalue weighted by Gasteiger charge is 2.09. The van der Waals surface area contributed by atoms with Crippen molar-refractivity contribution in [1.82, 2.24) is 10.3 Å². The van der Waals surface area contributed by atoms with E-state index in [1.165, 1.54) is 12.3 Å². The molecule has 98 valence electrons. The largest absolute Gasteiger partial charge is 0.348 e. The third-order valence-corrected chi connectivity index (χ3v) is 2.91. The van der Waals surface area contributed by atoms with Crippen molar-refractivity contribution in [3.8, 4) is 0 Å². The molecule has 6 heteroatoms. The highest BCUT2D eigenvalue weighted by Crippen LogP contribution is 2.15. The Labute approximate surface area is 116 Å². The fourth-order valence-corrected chi connectivity index (χ4v) is 1.90. The van der Waals surface area contributed by atoms with Gasteiger partial charge >= 0.3 is 0 Å². The molecule has 0 fully saturated rings. The lowest BCUT2D eigenvalue weighted by atomic mass is 10.2. The molecule has 1 N–H and O–H groups in total. The number of pyridine rings is 1. The predicted octanol–water partition coefficient (Wildman–Crippen LogP) is 3.05. The average molecular weight is 327 g/mol. The van der Waals surface area contributed by atoms with Crippen molar-refractivity contribution in [2.24, 2.45) is 0 Å². The smallest absolute Gasteiger partial charge is 0.253 e. The normalized spacial score (nSPS) is 10.3. The molecule has 0 aliphatic carbocycles. The third-order valence-electron chi connectivity index (χ3n) is 2.41. The van der Waals surface area contributed by atoms with Gasteiger partial charge in [-0.05, 0) is 24.3 Å². The second kappa shape index (κ2) is 5.88. The van der Waals surface area contributed by atoms with E-state index in [0.29, 0.717) is 10.0 Å². The Kier molecular flexibility index (Phi) is 4.21. The van der Waals surface area contributed by atoms with E-state index in [0.717, 1.165) is 12.3 Å². The monoisotopic (exact) mass is 326 g/mol. The van der Waals surface area contributed by atoms with Crippen LogP contribution in [0.15, 0.2) is 41.1 Å². The zero-order chi connectivity index (χ0) is 13.8. The first-order chi connectivity index (χ1) is 9.06. The Balaban J connectivity index is 2.06. The van der Waals surface area contributed by atoms with E-state index in [2.05, 4.69) is 26.2 Å². The molecule has 0 saturated heterocycles. The van der Waals surface area contributed by atoms with E-state index in [4.69, 9.17) is 0 Å². The molecular weight excluding hydrogens is 318 g/mol. The summed E-state index contributed by atoms with van der Waals surface area (Å²) >= 11 is 3.22. The van der Waals surface area contributed by atoms with Gasteiger partial charge in [-0.3, -0.25) is 9.78 Å². The Morgan fingerprint density at radius 2 is 2.05 bits per heavy atom. The molecule has 1 amide bonds. The second-order valence-corrected chi connectivity index (χ2v) is 4.73. The van der Waals surface area contributed by atoms with Gasteiger partial charge in [-0.15, -0.1) is 0 Å². The van der Waals surface area contributed by atoms with Crippen LogP contribution in [0.1, 0.15) is 15.9 Å². The van der Waals surface area contributed by atoms with Crippen LogP contribution < -0.4 is 5.32 Å². The SMILES string of the molecule is O=C(NCc1cc(Br)ccc1F)c1cncc(F)c1. The quantitative estimate of drug-likeness (QED) is 0.941. The Morgan fingerprint density at radius 3 is 2.79 bits per heavy atom. The lowest BCUT2D eigenvalue weighted by Crippen LogP contribution is -2.23. The summed E-state index contributed by atoms with van der Waals surface area (Å²) in [6.45, 7) is 0.0145. The number of benzene rings is 1. The van der Waals surface area contributed by atoms with Gasteiger partial charge in [0.2, 0.25) is 0 Å². The molecule has 0 aliphatic rings. The van der Waals surface area contributed by atoms with Crippen LogP contribution in [0.4, 0.5) is 8.78 Å². The number of aromatic nitrogens is 1. The van der Waals surface area contributed by atoms with Crippen molar-refractivity contribution in [2.75, 3.05) is 0 Å². The minimum atomic E-state index is -0.596. The van der Waals surface area contributed by atoms with Crippen LogP contribution in [0.3, 0.4) is 0 Å². The molecule has 1 aromatic heterocycles. The van der Waals surface area contributed by atoms with Crippen molar-refractivity contribution in [3.63, 3.8) is 0 Å². The lowest BCUT2D eigenvalue weighted by molar-refractivity contribution is 0.0949. The number of hydrogen-bond acceptors (Lipinski definition) is 2. The van der Waals surface area contributed by atoms with Gasteiger partial charge in [0, 0.05) is 22.8 Å². The van der Waals surface area contributed by atoms with E-state index >= 15 is 0 Å². The van der Waals surface area contributed by atoms with Crippen LogP contribution >= 0.6 is 15.9 Å². The molecule has 0 unspecified atom stereocenters. The van der Waals surface area contributed by atoms with Crippen molar-refractivity contribution in [1.29, 1.82) is 0 Å². The molecule has 2 rings (SSSR count). The van der Waals surface area contributed by atoms with Crippen molar-refractivity contribution < 1.29 is 13.6 Å². The Hall–Kier alpha value is -1.82. The number of rotatable bonds is 3. The number of carbonyl (C=O) groups excluding carboxylic acids is 1. The van der Waals surface area contributed by atoms with Crippen LogP contribution in [0, 0.1) is 11.6 Å². The van der Waals surface area contributed by atoms with E-state index in [9.17, 15) is 13.6 Å². The number of amides is 1. The van der Waals surface area contributed by atoms with Crippen LogP contribution in [0.2, 0.25) is 0 Å². The van der Waals surface area contributed by atoms with Crippen molar-refractivity contribution in [3.05, 3.63) is 63.9 Å². The predicted molar refractivity (Wildman–Crippen MR) is 69.5 cm³/mol. The minimum absolute atomic E-state index is 0.0145. The standard InChI is InChI=1S/C13H9BrF2N2O/c14-10-1-2-12(16)8(3-10)6-18-13(19)9-4-11(15)7-17-5-9/h1-5,7H,6H2,(H,18,19). The maximum atomic E-state index is 13.4. The number of nitrogens with one attached hydrogen (secondary N) is 1. The molecule has 1 aromatic carbocycles. The highest BCUT2D eigenvalue weighted by atomic mass is 79.9. The van der Waals surface area contributed by atoms with Crippen LogP contribution in [-0.4, -0.2) is 10.9 Å². The Morgan fingerprint density at radius 1 is 1.26 bits per heavy atom. The number of carbonyl (C=O) groups is 1. The molecule has 0 radical (unpaired) electrons. The number of nitrogens with zero attached hydrogens (tertiary/aromatic N) is 1. The first-order valence-electron chi connectivity index (χ1n) is 5.39. The lowest BCUT2D eigenvalue weighted by Gasteiger charge is -2.06. The molecule has 0 spiro atoms. The van der Waals surface area contributed by atoms with Crippen LogP contribution in [0.25, 0.3) is 0 Å². The van der Waals surface area contributed by atoms with Crippen LogP contribution in [0.5, 0.6) is 0 Å². The highest BCUT2D eigenvalue weighted by molar-refractivity contribution is 9.10. The molecule has 0 saturated carbocycles. The number of halogens is 3. The fraction of sp³-hybridized carbons (Fsp3) is 0.0769. The van der Waals surface area contributed by atoms with Gasteiger partial charge in [0.05, 0.1) is 11.8 Å². The van der Waals surface area contributed by atoms with E-state index in [1.807, 2.05) is 0 Å². The van der Waals surface area contributed by atoms with E-state index < -0.39 is 17.5 Å². The first-order valence-corrected chi connectivity index (χ1v) is 6.18. The third kappa shape index (κ3) is 3.57. The molecular formula is C13H9BrF2N2O. The first kappa shape index (κ1) is 13.6.